The summed E-state index contributed by atoms with van der Waals surface area (Å²) < 4.78 is 0.685. The SMILES string of the molecule is Cc1nc(SCC2=C(C(=O)O)N3C(=O)C(N)[C@H]3SC2)sc1CC(=O)O. The third-order valence-corrected chi connectivity index (χ3v) is 7.59. The van der Waals surface area contributed by atoms with Gasteiger partial charge in [0.25, 0.3) is 0 Å². The van der Waals surface area contributed by atoms with Crippen LogP contribution in [0.2, 0.25) is 0 Å². The number of amides is 1. The molecule has 25 heavy (non-hydrogen) atoms. The number of fused-ring (bicyclic) bond motifs is 1. The molecular formula is C14H15N3O5S3. The van der Waals surface area contributed by atoms with E-state index in [-0.39, 0.29) is 23.4 Å². The van der Waals surface area contributed by atoms with Gasteiger partial charge in [0.15, 0.2) is 4.34 Å². The monoisotopic (exact) mass is 401 g/mol. The highest BCUT2D eigenvalue weighted by Gasteiger charge is 2.51. The van der Waals surface area contributed by atoms with Crippen LogP contribution in [0, 0.1) is 6.92 Å². The molecule has 2 atom stereocenters. The number of aryl methyl sites for hydroxylation is 1. The molecule has 11 heteroatoms. The fourth-order valence-corrected chi connectivity index (χ4v) is 6.26. The molecule has 1 aromatic rings. The van der Waals surface area contributed by atoms with E-state index in [1.807, 2.05) is 0 Å². The van der Waals surface area contributed by atoms with Crippen molar-refractivity contribution in [1.82, 2.24) is 9.88 Å². The minimum Gasteiger partial charge on any atom is -0.481 e. The van der Waals surface area contributed by atoms with Crippen LogP contribution in [-0.4, -0.2) is 60.9 Å². The van der Waals surface area contributed by atoms with Gasteiger partial charge in [-0.05, 0) is 12.5 Å². The van der Waals surface area contributed by atoms with Crippen molar-refractivity contribution < 1.29 is 24.6 Å². The number of nitrogens with two attached hydrogens (primary N) is 1. The van der Waals surface area contributed by atoms with E-state index in [0.717, 1.165) is 0 Å². The first kappa shape index (κ1) is 18.2. The number of carboxylic acids is 2. The van der Waals surface area contributed by atoms with Gasteiger partial charge >= 0.3 is 11.9 Å². The van der Waals surface area contributed by atoms with Crippen LogP contribution in [-0.2, 0) is 20.8 Å². The van der Waals surface area contributed by atoms with Crippen LogP contribution in [0.5, 0.6) is 0 Å². The third-order valence-electron chi connectivity index (χ3n) is 3.85. The molecule has 1 amide bonds. The van der Waals surface area contributed by atoms with Gasteiger partial charge in [0.2, 0.25) is 5.91 Å². The van der Waals surface area contributed by atoms with Gasteiger partial charge in [0.05, 0.1) is 12.1 Å². The minimum atomic E-state index is -1.14. The van der Waals surface area contributed by atoms with Crippen LogP contribution < -0.4 is 5.73 Å². The average Bonchev–Trinajstić information content (AvgIpc) is 2.90. The second-order valence-corrected chi connectivity index (χ2v) is 8.95. The number of aliphatic carboxylic acids is 2. The van der Waals surface area contributed by atoms with Gasteiger partial charge in [-0.1, -0.05) is 11.8 Å². The van der Waals surface area contributed by atoms with Gasteiger partial charge in [0, 0.05) is 16.4 Å². The van der Waals surface area contributed by atoms with E-state index in [9.17, 15) is 19.5 Å². The number of carboxylic acid groups (broad SMARTS) is 2. The second kappa shape index (κ2) is 6.98. The summed E-state index contributed by atoms with van der Waals surface area (Å²) in [6, 6.07) is -0.645. The first-order valence-electron chi connectivity index (χ1n) is 7.26. The Morgan fingerprint density at radius 1 is 1.44 bits per heavy atom. The molecule has 1 unspecified atom stereocenters. The molecule has 0 spiro atoms. The maximum Gasteiger partial charge on any atom is 0.352 e. The Balaban J connectivity index is 1.76. The molecule has 3 heterocycles. The largest absolute Gasteiger partial charge is 0.481 e. The summed E-state index contributed by atoms with van der Waals surface area (Å²) in [6.45, 7) is 1.75. The molecule has 4 N–H and O–H groups in total. The molecule has 1 aromatic heterocycles. The van der Waals surface area contributed by atoms with Crippen molar-refractivity contribution in [2.45, 2.75) is 29.1 Å². The lowest BCUT2D eigenvalue weighted by atomic mass is 10.0. The number of carbonyl (C=O) groups is 3. The van der Waals surface area contributed by atoms with E-state index in [0.29, 0.717) is 32.0 Å². The van der Waals surface area contributed by atoms with E-state index in [2.05, 4.69) is 4.98 Å². The summed E-state index contributed by atoms with van der Waals surface area (Å²) in [4.78, 5) is 40.6. The van der Waals surface area contributed by atoms with Crippen molar-refractivity contribution in [2.24, 2.45) is 5.73 Å². The lowest BCUT2D eigenvalue weighted by Gasteiger charge is -2.48. The number of carbonyl (C=O) groups excluding carboxylic acids is 1. The molecule has 2 aliphatic heterocycles. The minimum absolute atomic E-state index is 0.0157. The van der Waals surface area contributed by atoms with E-state index in [1.54, 1.807) is 6.92 Å². The fourth-order valence-electron chi connectivity index (χ4n) is 2.60. The van der Waals surface area contributed by atoms with Crippen molar-refractivity contribution in [3.05, 3.63) is 21.8 Å². The Morgan fingerprint density at radius 3 is 2.80 bits per heavy atom. The highest BCUT2D eigenvalue weighted by Crippen LogP contribution is 2.41. The number of hydrogen-bond donors (Lipinski definition) is 3. The maximum atomic E-state index is 11.9. The predicted octanol–water partition coefficient (Wildman–Crippen LogP) is 0.752. The molecular weight excluding hydrogens is 386 g/mol. The van der Waals surface area contributed by atoms with Gasteiger partial charge in [0.1, 0.15) is 17.1 Å². The number of β-lactam (4-membered cyclic amide) rings is 1. The van der Waals surface area contributed by atoms with Crippen molar-refractivity contribution in [2.75, 3.05) is 11.5 Å². The number of thioether (sulfide) groups is 2. The molecule has 0 aliphatic carbocycles. The highest BCUT2D eigenvalue weighted by molar-refractivity contribution is 8.01. The number of hydrogen-bond acceptors (Lipinski definition) is 8. The van der Waals surface area contributed by atoms with Crippen LogP contribution in [0.15, 0.2) is 15.6 Å². The topological polar surface area (TPSA) is 134 Å². The van der Waals surface area contributed by atoms with Crippen LogP contribution >= 0.6 is 34.9 Å². The Labute approximate surface area is 155 Å². The summed E-state index contributed by atoms with van der Waals surface area (Å²) in [5, 5.41) is 18.1. The molecule has 1 fully saturated rings. The zero-order valence-electron chi connectivity index (χ0n) is 13.1. The van der Waals surface area contributed by atoms with Crippen molar-refractivity contribution >= 4 is 52.7 Å². The summed E-state index contributed by atoms with van der Waals surface area (Å²) in [7, 11) is 0. The van der Waals surface area contributed by atoms with Gasteiger partial charge in [-0.15, -0.1) is 23.1 Å². The molecule has 8 nitrogen and oxygen atoms in total. The molecule has 0 bridgehead atoms. The van der Waals surface area contributed by atoms with E-state index in [4.69, 9.17) is 10.8 Å². The number of thiazole rings is 1. The predicted molar refractivity (Wildman–Crippen MR) is 94.6 cm³/mol. The zero-order chi connectivity index (χ0) is 18.3. The van der Waals surface area contributed by atoms with E-state index < -0.39 is 18.0 Å². The quantitative estimate of drug-likeness (QED) is 0.466. The summed E-state index contributed by atoms with van der Waals surface area (Å²) >= 11 is 4.10. The molecule has 0 radical (unpaired) electrons. The van der Waals surface area contributed by atoms with E-state index >= 15 is 0 Å². The van der Waals surface area contributed by atoms with Crippen molar-refractivity contribution in [1.29, 1.82) is 0 Å². The maximum absolute atomic E-state index is 11.9. The lowest BCUT2D eigenvalue weighted by Crippen LogP contribution is -2.68. The van der Waals surface area contributed by atoms with Gasteiger partial charge in [-0.25, -0.2) is 9.78 Å². The van der Waals surface area contributed by atoms with Crippen LogP contribution in [0.1, 0.15) is 10.6 Å². The van der Waals surface area contributed by atoms with Crippen molar-refractivity contribution in [3.8, 4) is 0 Å². The standard InChI is InChI=1S/C14H15N3O5S3/c1-5-7(2-8(18)19)25-14(16-5)24-4-6-3-23-12-9(15)11(20)17(12)10(6)13(21)22/h9,12H,2-4,15H2,1H3,(H,18,19)(H,21,22)/t9?,12-/m1/s1. The summed E-state index contributed by atoms with van der Waals surface area (Å²) in [5.41, 5.74) is 7.05. The molecule has 1 saturated heterocycles. The van der Waals surface area contributed by atoms with Gasteiger partial charge in [-0.2, -0.15) is 0 Å². The molecule has 0 saturated carbocycles. The summed E-state index contributed by atoms with van der Waals surface area (Å²) in [6.07, 6.45) is -0.0785. The van der Waals surface area contributed by atoms with Gasteiger partial charge in [-0.3, -0.25) is 14.5 Å². The molecule has 0 aromatic carbocycles. The van der Waals surface area contributed by atoms with Crippen LogP contribution in [0.25, 0.3) is 0 Å². The zero-order valence-corrected chi connectivity index (χ0v) is 15.5. The average molecular weight is 401 g/mol. The van der Waals surface area contributed by atoms with Crippen LogP contribution in [0.3, 0.4) is 0 Å². The second-order valence-electron chi connectivity index (χ2n) is 5.54. The van der Waals surface area contributed by atoms with E-state index in [1.165, 1.54) is 39.8 Å². The first-order chi connectivity index (χ1) is 11.8. The highest BCUT2D eigenvalue weighted by atomic mass is 32.2. The molecule has 134 valence electrons. The third kappa shape index (κ3) is 3.41. The molecule has 3 rings (SSSR count). The summed E-state index contributed by atoms with van der Waals surface area (Å²) in [5.74, 6) is -1.56. The van der Waals surface area contributed by atoms with Crippen LogP contribution in [0.4, 0.5) is 0 Å². The first-order valence-corrected chi connectivity index (χ1v) is 10.1. The number of nitrogens with zero attached hydrogens (tertiary/aromatic N) is 2. The van der Waals surface area contributed by atoms with Crippen molar-refractivity contribution in [3.63, 3.8) is 0 Å². The Bertz CT molecular complexity index is 791. The number of rotatable bonds is 6. The fraction of sp³-hybridized carbons (Fsp3) is 0.429. The molecule has 2 aliphatic rings. The Kier molecular flexibility index (Phi) is 5.09. The Morgan fingerprint density at radius 2 is 2.16 bits per heavy atom. The number of aromatic nitrogens is 1. The Hall–Kier alpha value is -1.56. The van der Waals surface area contributed by atoms with Gasteiger partial charge < -0.3 is 15.9 Å². The lowest BCUT2D eigenvalue weighted by molar-refractivity contribution is -0.147. The normalized spacial score (nSPS) is 22.6. The smallest absolute Gasteiger partial charge is 0.352 e.